The molecule has 0 saturated carbocycles. The molecule has 1 aliphatic rings. The van der Waals surface area contributed by atoms with E-state index >= 15 is 0 Å². The van der Waals surface area contributed by atoms with Gasteiger partial charge in [-0.05, 0) is 19.1 Å². The maximum absolute atomic E-state index is 12.0. The summed E-state index contributed by atoms with van der Waals surface area (Å²) in [6.45, 7) is 2.05. The lowest BCUT2D eigenvalue weighted by molar-refractivity contribution is -0.133. The van der Waals surface area contributed by atoms with Gasteiger partial charge in [0, 0.05) is 13.1 Å². The smallest absolute Gasteiger partial charge is 0.265 e. The predicted octanol–water partition coefficient (Wildman–Crippen LogP) is -0.120. The summed E-state index contributed by atoms with van der Waals surface area (Å²) in [5, 5.41) is 2.62. The van der Waals surface area contributed by atoms with Crippen LogP contribution in [0.5, 0.6) is 11.5 Å². The second-order valence-corrected chi connectivity index (χ2v) is 6.60. The van der Waals surface area contributed by atoms with Crippen LogP contribution in [0.1, 0.15) is 6.92 Å². The fourth-order valence-corrected chi connectivity index (χ4v) is 2.40. The number of ether oxygens (including phenoxy) is 2. The van der Waals surface area contributed by atoms with Crippen molar-refractivity contribution in [3.63, 3.8) is 0 Å². The third kappa shape index (κ3) is 4.33. The summed E-state index contributed by atoms with van der Waals surface area (Å²) >= 11 is 0. The summed E-state index contributed by atoms with van der Waals surface area (Å²) < 4.78 is 35.3. The van der Waals surface area contributed by atoms with Crippen molar-refractivity contribution in [3.8, 4) is 11.5 Å². The van der Waals surface area contributed by atoms with Crippen molar-refractivity contribution in [2.24, 2.45) is 0 Å². The fourth-order valence-electron chi connectivity index (χ4n) is 1.93. The second-order valence-electron chi connectivity index (χ2n) is 4.77. The number of fused-ring (bicyclic) bond motifs is 1. The molecule has 7 nitrogen and oxygen atoms in total. The Labute approximate surface area is 123 Å². The van der Waals surface area contributed by atoms with Crippen LogP contribution in [-0.4, -0.2) is 45.9 Å². The average molecular weight is 314 g/mol. The Morgan fingerprint density at radius 3 is 2.43 bits per heavy atom. The van der Waals surface area contributed by atoms with Gasteiger partial charge in [0.1, 0.15) is 6.10 Å². The van der Waals surface area contributed by atoms with Crippen molar-refractivity contribution >= 4 is 15.9 Å². The van der Waals surface area contributed by atoms with E-state index in [0.717, 1.165) is 6.26 Å². The van der Waals surface area contributed by atoms with Crippen molar-refractivity contribution in [2.45, 2.75) is 19.1 Å². The van der Waals surface area contributed by atoms with Crippen molar-refractivity contribution in [2.75, 3.05) is 19.3 Å². The standard InChI is InChI=1S/C13H18N2O5S/c1-9-12(13(16)14-7-8-15-21(2,17)18)20-11-6-4-3-5-10(11)19-9/h3-6,9,12,15H,7-8H2,1-2H3,(H,14,16)/t9-,12-/m1/s1. The molecule has 2 rings (SSSR count). The van der Waals surface area contributed by atoms with E-state index in [1.165, 1.54) is 0 Å². The molecule has 0 spiro atoms. The molecular weight excluding hydrogens is 296 g/mol. The van der Waals surface area contributed by atoms with Gasteiger partial charge in [-0.25, -0.2) is 13.1 Å². The maximum Gasteiger partial charge on any atom is 0.265 e. The van der Waals surface area contributed by atoms with Crippen molar-refractivity contribution in [1.29, 1.82) is 0 Å². The first-order valence-corrected chi connectivity index (χ1v) is 8.40. The summed E-state index contributed by atoms with van der Waals surface area (Å²) in [5.74, 6) is 0.783. The quantitative estimate of drug-likeness (QED) is 0.739. The van der Waals surface area contributed by atoms with E-state index in [9.17, 15) is 13.2 Å². The summed E-state index contributed by atoms with van der Waals surface area (Å²) in [7, 11) is -3.25. The molecule has 2 N–H and O–H groups in total. The molecule has 1 heterocycles. The molecular formula is C13H18N2O5S. The molecule has 0 fully saturated rings. The number of sulfonamides is 1. The molecule has 0 aliphatic carbocycles. The molecule has 1 aromatic carbocycles. The molecule has 0 aromatic heterocycles. The van der Waals surface area contributed by atoms with Gasteiger partial charge in [0.2, 0.25) is 16.1 Å². The molecule has 0 radical (unpaired) electrons. The van der Waals surface area contributed by atoms with Gasteiger partial charge in [0.15, 0.2) is 11.5 Å². The monoisotopic (exact) mass is 314 g/mol. The lowest BCUT2D eigenvalue weighted by Gasteiger charge is -2.31. The average Bonchev–Trinajstić information content (AvgIpc) is 2.41. The molecule has 0 unspecified atom stereocenters. The van der Waals surface area contributed by atoms with Gasteiger partial charge in [-0.2, -0.15) is 0 Å². The van der Waals surface area contributed by atoms with Gasteiger partial charge in [0.05, 0.1) is 6.26 Å². The Balaban J connectivity index is 1.88. The van der Waals surface area contributed by atoms with Crippen molar-refractivity contribution in [3.05, 3.63) is 24.3 Å². The Bertz CT molecular complexity index is 617. The van der Waals surface area contributed by atoms with E-state index in [1.54, 1.807) is 25.1 Å². The minimum atomic E-state index is -3.25. The number of amides is 1. The molecule has 0 saturated heterocycles. The van der Waals surface area contributed by atoms with E-state index in [2.05, 4.69) is 10.0 Å². The highest BCUT2D eigenvalue weighted by atomic mass is 32.2. The Kier molecular flexibility index (Phi) is 4.69. The van der Waals surface area contributed by atoms with Gasteiger partial charge in [-0.1, -0.05) is 12.1 Å². The SMILES string of the molecule is C[C@H]1Oc2ccccc2O[C@H]1C(=O)NCCNS(C)(=O)=O. The molecule has 1 aromatic rings. The lowest BCUT2D eigenvalue weighted by atomic mass is 10.1. The van der Waals surface area contributed by atoms with Crippen LogP contribution >= 0.6 is 0 Å². The fraction of sp³-hybridized carbons (Fsp3) is 0.462. The van der Waals surface area contributed by atoms with Crippen LogP contribution in [0.15, 0.2) is 24.3 Å². The van der Waals surface area contributed by atoms with Crippen molar-refractivity contribution in [1.82, 2.24) is 10.0 Å². The Hall–Kier alpha value is -1.80. The number of hydrogen-bond acceptors (Lipinski definition) is 5. The van der Waals surface area contributed by atoms with Crippen LogP contribution < -0.4 is 19.5 Å². The summed E-state index contributed by atoms with van der Waals surface area (Å²) in [6, 6.07) is 7.12. The third-order valence-corrected chi connectivity index (χ3v) is 3.62. The van der Waals surface area contributed by atoms with Crippen molar-refractivity contribution < 1.29 is 22.7 Å². The van der Waals surface area contributed by atoms with E-state index < -0.39 is 22.2 Å². The normalized spacial score (nSPS) is 20.9. The summed E-state index contributed by atoms with van der Waals surface area (Å²) in [6.07, 6.45) is -0.132. The van der Waals surface area contributed by atoms with E-state index in [1.807, 2.05) is 6.07 Å². The highest BCUT2D eigenvalue weighted by Crippen LogP contribution is 2.33. The summed E-state index contributed by atoms with van der Waals surface area (Å²) in [4.78, 5) is 12.0. The largest absolute Gasteiger partial charge is 0.482 e. The number of benzene rings is 1. The number of carbonyl (C=O) groups is 1. The van der Waals surface area contributed by atoms with Gasteiger partial charge < -0.3 is 14.8 Å². The Morgan fingerprint density at radius 2 is 1.81 bits per heavy atom. The van der Waals surface area contributed by atoms with Crippen LogP contribution in [-0.2, 0) is 14.8 Å². The molecule has 1 aliphatic heterocycles. The molecule has 8 heteroatoms. The maximum atomic E-state index is 12.0. The minimum absolute atomic E-state index is 0.128. The van der Waals surface area contributed by atoms with Gasteiger partial charge >= 0.3 is 0 Å². The second kappa shape index (κ2) is 6.31. The molecule has 2 atom stereocenters. The van der Waals surface area contributed by atoms with Crippen LogP contribution in [0.2, 0.25) is 0 Å². The number of hydrogen-bond donors (Lipinski definition) is 2. The third-order valence-electron chi connectivity index (χ3n) is 2.89. The van der Waals surface area contributed by atoms with Crippen LogP contribution in [0, 0.1) is 0 Å². The number of para-hydroxylation sites is 2. The summed E-state index contributed by atoms with van der Waals surface area (Å²) in [5.41, 5.74) is 0. The highest BCUT2D eigenvalue weighted by Gasteiger charge is 2.33. The van der Waals surface area contributed by atoms with E-state index in [4.69, 9.17) is 9.47 Å². The topological polar surface area (TPSA) is 93.7 Å². The van der Waals surface area contributed by atoms with Crippen LogP contribution in [0.3, 0.4) is 0 Å². The molecule has 1 amide bonds. The number of carbonyl (C=O) groups excluding carboxylic acids is 1. The lowest BCUT2D eigenvalue weighted by Crippen LogP contribution is -2.50. The number of nitrogens with one attached hydrogen (secondary N) is 2. The highest BCUT2D eigenvalue weighted by molar-refractivity contribution is 7.88. The van der Waals surface area contributed by atoms with Gasteiger partial charge in [-0.15, -0.1) is 0 Å². The first-order valence-electron chi connectivity index (χ1n) is 6.51. The first kappa shape index (κ1) is 15.6. The van der Waals surface area contributed by atoms with E-state index in [-0.39, 0.29) is 19.0 Å². The predicted molar refractivity (Wildman–Crippen MR) is 76.8 cm³/mol. The minimum Gasteiger partial charge on any atom is -0.482 e. The zero-order valence-electron chi connectivity index (χ0n) is 11.8. The van der Waals surface area contributed by atoms with Gasteiger partial charge in [0.25, 0.3) is 5.91 Å². The van der Waals surface area contributed by atoms with E-state index in [0.29, 0.717) is 11.5 Å². The molecule has 116 valence electrons. The Morgan fingerprint density at radius 1 is 1.19 bits per heavy atom. The first-order chi connectivity index (χ1) is 9.87. The van der Waals surface area contributed by atoms with Crippen LogP contribution in [0.4, 0.5) is 0 Å². The van der Waals surface area contributed by atoms with Crippen LogP contribution in [0.25, 0.3) is 0 Å². The van der Waals surface area contributed by atoms with Gasteiger partial charge in [-0.3, -0.25) is 4.79 Å². The molecule has 21 heavy (non-hydrogen) atoms. The zero-order valence-corrected chi connectivity index (χ0v) is 12.6. The zero-order chi connectivity index (χ0) is 15.5. The molecule has 0 bridgehead atoms. The number of rotatable bonds is 5.